The Morgan fingerprint density at radius 1 is 1.54 bits per heavy atom. The topological polar surface area (TPSA) is 43.4 Å². The number of ether oxygens (including phenoxy) is 1. The highest BCUT2D eigenvalue weighted by molar-refractivity contribution is 5.94. The molecule has 0 spiro atoms. The summed E-state index contributed by atoms with van der Waals surface area (Å²) in [5.74, 6) is -1.37. The van der Waals surface area contributed by atoms with Crippen molar-refractivity contribution in [2.45, 2.75) is 19.7 Å². The van der Waals surface area contributed by atoms with E-state index in [1.165, 1.54) is 6.92 Å². The predicted octanol–water partition coefficient (Wildman–Crippen LogP) is 1.33. The summed E-state index contributed by atoms with van der Waals surface area (Å²) in [5, 5.41) is 0. The summed E-state index contributed by atoms with van der Waals surface area (Å²) >= 11 is 0. The van der Waals surface area contributed by atoms with Crippen molar-refractivity contribution in [2.24, 2.45) is 0 Å². The number of esters is 1. The molecular weight excluding hydrogens is 182 g/mol. The number of hydrogen-bond acceptors (Lipinski definition) is 3. The van der Waals surface area contributed by atoms with E-state index in [-0.39, 0.29) is 0 Å². The van der Waals surface area contributed by atoms with Gasteiger partial charge in [-0.05, 0) is 13.0 Å². The Balaban J connectivity index is 3.78. The lowest BCUT2D eigenvalue weighted by molar-refractivity contribution is -0.154. The third-order valence-electron chi connectivity index (χ3n) is 1.01. The van der Waals surface area contributed by atoms with Gasteiger partial charge in [-0.15, -0.1) is 0 Å². The van der Waals surface area contributed by atoms with E-state index >= 15 is 0 Å². The van der Waals surface area contributed by atoms with E-state index < -0.39 is 31.2 Å². The van der Waals surface area contributed by atoms with Gasteiger partial charge in [0.05, 0.1) is 0 Å². The van der Waals surface area contributed by atoms with Crippen LogP contribution >= 0.6 is 0 Å². The number of allylic oxidation sites excluding steroid dienone is 1. The van der Waals surface area contributed by atoms with Gasteiger partial charge in [-0.25, -0.2) is 4.39 Å². The Bertz CT molecular complexity index is 213. The summed E-state index contributed by atoms with van der Waals surface area (Å²) in [5.41, 5.74) is 0. The van der Waals surface area contributed by atoms with Crippen molar-refractivity contribution < 1.29 is 23.1 Å². The van der Waals surface area contributed by atoms with Gasteiger partial charge in [0.2, 0.25) is 0 Å². The maximum Gasteiger partial charge on any atom is 0.316 e. The zero-order valence-corrected chi connectivity index (χ0v) is 7.13. The molecule has 0 heterocycles. The van der Waals surface area contributed by atoms with E-state index in [4.69, 9.17) is 0 Å². The summed E-state index contributed by atoms with van der Waals surface area (Å²) in [6.45, 7) is 0.358. The molecule has 0 aliphatic rings. The molecule has 3 nitrogen and oxygen atoms in total. The third-order valence-corrected chi connectivity index (χ3v) is 1.01. The fourth-order valence-electron chi connectivity index (χ4n) is 0.568. The summed E-state index contributed by atoms with van der Waals surface area (Å²) < 4.78 is 28.0. The molecule has 0 rings (SSSR count). The first-order valence-corrected chi connectivity index (χ1v) is 3.62. The zero-order chi connectivity index (χ0) is 10.3. The van der Waals surface area contributed by atoms with E-state index in [1.54, 1.807) is 0 Å². The van der Waals surface area contributed by atoms with Crippen molar-refractivity contribution in [1.29, 1.82) is 0 Å². The average molecular weight is 192 g/mol. The molecule has 0 aliphatic heterocycles. The van der Waals surface area contributed by atoms with Gasteiger partial charge in [0.25, 0.3) is 6.36 Å². The Labute approximate surface area is 74.4 Å². The minimum absolute atomic E-state index is 0.410. The van der Waals surface area contributed by atoms with Gasteiger partial charge >= 0.3 is 5.97 Å². The van der Waals surface area contributed by atoms with Crippen molar-refractivity contribution in [3.63, 3.8) is 0 Å². The van der Waals surface area contributed by atoms with Gasteiger partial charge in [0, 0.05) is 0 Å². The second-order valence-electron chi connectivity index (χ2n) is 2.30. The van der Waals surface area contributed by atoms with Crippen molar-refractivity contribution in [3.8, 4) is 0 Å². The first kappa shape index (κ1) is 11.7. The molecule has 0 aromatic carbocycles. The Morgan fingerprint density at radius 3 is 2.62 bits per heavy atom. The molecule has 0 bridgehead atoms. The number of halogens is 2. The van der Waals surface area contributed by atoms with Gasteiger partial charge < -0.3 is 4.74 Å². The van der Waals surface area contributed by atoms with E-state index in [0.29, 0.717) is 0 Å². The number of ketones is 1. The molecule has 5 heteroatoms. The van der Waals surface area contributed by atoms with Crippen molar-refractivity contribution in [2.75, 3.05) is 6.67 Å². The Hall–Kier alpha value is -1.26. The highest BCUT2D eigenvalue weighted by Crippen LogP contribution is 1.99. The smallest absolute Gasteiger partial charge is 0.316 e. The maximum atomic E-state index is 12.5. The number of carbonyl (C=O) groups excluding carboxylic acids is 2. The van der Waals surface area contributed by atoms with Crippen LogP contribution in [0.3, 0.4) is 0 Å². The number of hydrogen-bond donors (Lipinski definition) is 0. The maximum absolute atomic E-state index is 12.5. The van der Waals surface area contributed by atoms with Crippen LogP contribution in [-0.2, 0) is 14.3 Å². The molecule has 1 atom stereocenters. The Kier molecular flexibility index (Phi) is 5.67. The third kappa shape index (κ3) is 7.11. The first-order chi connectivity index (χ1) is 6.06. The lowest BCUT2D eigenvalue weighted by Gasteiger charge is -2.03. The first-order valence-electron chi connectivity index (χ1n) is 3.62. The molecule has 0 N–H and O–H groups in total. The van der Waals surface area contributed by atoms with Crippen LogP contribution in [0.25, 0.3) is 0 Å². The minimum Gasteiger partial charge on any atom is -0.427 e. The molecule has 0 aromatic heterocycles. The molecule has 0 amide bonds. The van der Waals surface area contributed by atoms with Gasteiger partial charge in [-0.1, -0.05) is 6.08 Å². The second-order valence-corrected chi connectivity index (χ2v) is 2.30. The van der Waals surface area contributed by atoms with Crippen LogP contribution < -0.4 is 0 Å². The number of Topliss-reactive ketones (excluding diaryl/α,β-unsaturated/α-hetero) is 1. The van der Waals surface area contributed by atoms with Crippen LogP contribution in [0.4, 0.5) is 8.78 Å². The summed E-state index contributed by atoms with van der Waals surface area (Å²) in [6.07, 6.45) is -0.809. The second kappa shape index (κ2) is 6.28. The summed E-state index contributed by atoms with van der Waals surface area (Å²) in [7, 11) is 0. The van der Waals surface area contributed by atoms with Gasteiger partial charge in [0.1, 0.15) is 18.9 Å². The fourth-order valence-corrected chi connectivity index (χ4v) is 0.568. The molecule has 0 fully saturated rings. The largest absolute Gasteiger partial charge is 0.427 e. The quantitative estimate of drug-likeness (QED) is 0.375. The lowest BCUT2D eigenvalue weighted by atomic mass is 10.3. The highest BCUT2D eigenvalue weighted by Gasteiger charge is 2.11. The lowest BCUT2D eigenvalue weighted by Crippen LogP contribution is -2.14. The molecule has 74 valence electrons. The SMILES string of the molecule is CC(=O)CC(=O)OC(F)C=CCF. The van der Waals surface area contributed by atoms with Crippen molar-refractivity contribution in [1.82, 2.24) is 0 Å². The van der Waals surface area contributed by atoms with Crippen LogP contribution in [-0.4, -0.2) is 24.8 Å². The molecule has 0 saturated carbocycles. The molecule has 0 saturated heterocycles. The van der Waals surface area contributed by atoms with Crippen LogP contribution in [0.15, 0.2) is 12.2 Å². The summed E-state index contributed by atoms with van der Waals surface area (Å²) in [4.78, 5) is 21.0. The minimum atomic E-state index is -1.98. The van der Waals surface area contributed by atoms with Crippen molar-refractivity contribution in [3.05, 3.63) is 12.2 Å². The van der Waals surface area contributed by atoms with E-state index in [1.807, 2.05) is 0 Å². The van der Waals surface area contributed by atoms with E-state index in [2.05, 4.69) is 4.74 Å². The normalized spacial score (nSPS) is 12.8. The van der Waals surface area contributed by atoms with Gasteiger partial charge in [-0.2, -0.15) is 4.39 Å². The summed E-state index contributed by atoms with van der Waals surface area (Å²) in [6, 6.07) is 0. The van der Waals surface area contributed by atoms with Crippen LogP contribution in [0.1, 0.15) is 13.3 Å². The van der Waals surface area contributed by atoms with Crippen LogP contribution in [0.5, 0.6) is 0 Å². The predicted molar refractivity (Wildman–Crippen MR) is 41.4 cm³/mol. The van der Waals surface area contributed by atoms with Gasteiger partial charge in [-0.3, -0.25) is 9.59 Å². The molecular formula is C8H10F2O3. The standard InChI is InChI=1S/C8H10F2O3/c1-6(11)5-8(12)13-7(10)3-2-4-9/h2-3,7H,4-5H2,1H3. The molecule has 1 unspecified atom stereocenters. The molecule has 0 aliphatic carbocycles. The highest BCUT2D eigenvalue weighted by atomic mass is 19.1. The van der Waals surface area contributed by atoms with Crippen LogP contribution in [0.2, 0.25) is 0 Å². The number of rotatable bonds is 5. The number of carbonyl (C=O) groups is 2. The fraction of sp³-hybridized carbons (Fsp3) is 0.500. The molecule has 13 heavy (non-hydrogen) atoms. The molecule has 0 radical (unpaired) electrons. The molecule has 0 aromatic rings. The van der Waals surface area contributed by atoms with E-state index in [9.17, 15) is 18.4 Å². The Morgan fingerprint density at radius 2 is 2.15 bits per heavy atom. The zero-order valence-electron chi connectivity index (χ0n) is 7.13. The van der Waals surface area contributed by atoms with Crippen LogP contribution in [0, 0.1) is 0 Å². The average Bonchev–Trinajstić information content (AvgIpc) is 1.98. The van der Waals surface area contributed by atoms with Crippen molar-refractivity contribution >= 4 is 11.8 Å². The monoisotopic (exact) mass is 192 g/mol. The van der Waals surface area contributed by atoms with E-state index in [0.717, 1.165) is 12.2 Å². The number of alkyl halides is 2. The van der Waals surface area contributed by atoms with Gasteiger partial charge in [0.15, 0.2) is 0 Å².